The van der Waals surface area contributed by atoms with E-state index in [1.54, 1.807) is 0 Å². The Hall–Kier alpha value is -0.853. The van der Waals surface area contributed by atoms with Crippen molar-refractivity contribution in [3.8, 4) is 11.5 Å². The maximum absolute atomic E-state index is 5.91. The molecule has 1 heterocycles. The Morgan fingerprint density at radius 3 is 1.90 bits per heavy atom. The molecule has 110 valence electrons. The lowest BCUT2D eigenvalue weighted by molar-refractivity contribution is 0.838. The average Bonchev–Trinajstić information content (AvgIpc) is 2.26. The van der Waals surface area contributed by atoms with Crippen LogP contribution in [-0.2, 0) is 0 Å². The largest absolute Gasteiger partial charge is 0.223 e. The molecule has 2 nitrogen and oxygen atoms in total. The molecule has 1 rings (SSSR count). The third-order valence-electron chi connectivity index (χ3n) is 4.10. The molecular formula is C16H25ClN2Si. The van der Waals surface area contributed by atoms with Gasteiger partial charge in [0.2, 0.25) is 5.28 Å². The van der Waals surface area contributed by atoms with Gasteiger partial charge in [-0.2, -0.15) is 0 Å². The minimum Gasteiger partial charge on any atom is -0.223 e. The molecule has 0 saturated carbocycles. The summed E-state index contributed by atoms with van der Waals surface area (Å²) in [5, 5.41) is 0.278. The van der Waals surface area contributed by atoms with Gasteiger partial charge in [-0.25, -0.2) is 9.97 Å². The fraction of sp³-hybridized carbons (Fsp3) is 0.625. The Kier molecular flexibility index (Phi) is 5.79. The van der Waals surface area contributed by atoms with Gasteiger partial charge < -0.3 is 0 Å². The van der Waals surface area contributed by atoms with Crippen molar-refractivity contribution in [1.82, 2.24) is 9.97 Å². The average molecular weight is 309 g/mol. The normalized spacial score (nSPS) is 11.9. The molecule has 0 aromatic carbocycles. The van der Waals surface area contributed by atoms with Crippen LogP contribution in [0.5, 0.6) is 0 Å². The molecule has 1 aromatic heterocycles. The van der Waals surface area contributed by atoms with E-state index in [1.807, 2.05) is 13.0 Å². The van der Waals surface area contributed by atoms with Gasteiger partial charge in [0.05, 0.1) is 0 Å². The fourth-order valence-electron chi connectivity index (χ4n) is 3.20. The number of rotatable bonds is 3. The van der Waals surface area contributed by atoms with Crippen LogP contribution in [0.3, 0.4) is 0 Å². The Labute approximate surface area is 129 Å². The van der Waals surface area contributed by atoms with Crippen LogP contribution < -0.4 is 0 Å². The highest BCUT2D eigenvalue weighted by Gasteiger charge is 2.41. The lowest BCUT2D eigenvalue weighted by Crippen LogP contribution is -2.43. The summed E-state index contributed by atoms with van der Waals surface area (Å²) in [6, 6.07) is 1.90. The first-order valence-electron chi connectivity index (χ1n) is 7.24. The second kappa shape index (κ2) is 6.73. The van der Waals surface area contributed by atoms with E-state index in [0.717, 1.165) is 11.4 Å². The van der Waals surface area contributed by atoms with E-state index < -0.39 is 8.07 Å². The molecule has 20 heavy (non-hydrogen) atoms. The highest BCUT2D eigenvalue weighted by molar-refractivity contribution is 6.90. The molecule has 0 aliphatic heterocycles. The summed E-state index contributed by atoms with van der Waals surface area (Å²) < 4.78 is 0. The van der Waals surface area contributed by atoms with E-state index in [2.05, 4.69) is 63.0 Å². The van der Waals surface area contributed by atoms with E-state index in [1.165, 1.54) is 0 Å². The molecule has 0 atom stereocenters. The molecule has 0 aliphatic carbocycles. The highest BCUT2D eigenvalue weighted by Crippen LogP contribution is 2.40. The van der Waals surface area contributed by atoms with Gasteiger partial charge in [0, 0.05) is 5.69 Å². The van der Waals surface area contributed by atoms with Crippen LogP contribution in [0.25, 0.3) is 0 Å². The first kappa shape index (κ1) is 17.2. The zero-order chi connectivity index (χ0) is 15.5. The van der Waals surface area contributed by atoms with E-state index in [-0.39, 0.29) is 5.28 Å². The van der Waals surface area contributed by atoms with Crippen LogP contribution >= 0.6 is 11.6 Å². The van der Waals surface area contributed by atoms with E-state index in [9.17, 15) is 0 Å². The molecule has 4 heteroatoms. The number of aryl methyl sites for hydroxylation is 1. The minimum atomic E-state index is -1.71. The lowest BCUT2D eigenvalue weighted by Gasteiger charge is -2.38. The van der Waals surface area contributed by atoms with E-state index in [0.29, 0.717) is 16.6 Å². The zero-order valence-electron chi connectivity index (χ0n) is 13.6. The monoisotopic (exact) mass is 308 g/mol. The van der Waals surface area contributed by atoms with Gasteiger partial charge >= 0.3 is 0 Å². The van der Waals surface area contributed by atoms with Gasteiger partial charge in [0.1, 0.15) is 13.8 Å². The predicted molar refractivity (Wildman–Crippen MR) is 89.7 cm³/mol. The van der Waals surface area contributed by atoms with Crippen LogP contribution in [0.15, 0.2) is 6.07 Å². The summed E-state index contributed by atoms with van der Waals surface area (Å²) in [7, 11) is -1.71. The van der Waals surface area contributed by atoms with Crippen LogP contribution in [0.2, 0.25) is 21.9 Å². The van der Waals surface area contributed by atoms with Crippen LogP contribution in [0, 0.1) is 18.4 Å². The third-order valence-corrected chi connectivity index (χ3v) is 10.6. The Balaban J connectivity index is 3.30. The maximum atomic E-state index is 5.91. The van der Waals surface area contributed by atoms with E-state index in [4.69, 9.17) is 11.6 Å². The quantitative estimate of drug-likeness (QED) is 0.446. The molecule has 0 saturated heterocycles. The van der Waals surface area contributed by atoms with Gasteiger partial charge in [0.15, 0.2) is 0 Å². The molecule has 1 aromatic rings. The lowest BCUT2D eigenvalue weighted by atomic mass is 10.3. The molecule has 0 radical (unpaired) electrons. The molecule has 0 bridgehead atoms. The number of hydrogen-bond donors (Lipinski definition) is 0. The third kappa shape index (κ3) is 3.62. The van der Waals surface area contributed by atoms with Crippen molar-refractivity contribution in [3.63, 3.8) is 0 Å². The van der Waals surface area contributed by atoms with Crippen molar-refractivity contribution < 1.29 is 0 Å². The van der Waals surface area contributed by atoms with Gasteiger partial charge in [0.25, 0.3) is 0 Å². The van der Waals surface area contributed by atoms with Crippen molar-refractivity contribution in [2.75, 3.05) is 0 Å². The summed E-state index contributed by atoms with van der Waals surface area (Å²) in [4.78, 5) is 8.30. The maximum Gasteiger partial charge on any atom is 0.223 e. The van der Waals surface area contributed by atoms with Crippen LogP contribution in [0.1, 0.15) is 52.9 Å². The smallest absolute Gasteiger partial charge is 0.223 e. The summed E-state index contributed by atoms with van der Waals surface area (Å²) in [6.45, 7) is 15.7. The van der Waals surface area contributed by atoms with Gasteiger partial charge in [-0.15, -0.1) is 5.54 Å². The standard InChI is InChI=1S/C16H25ClN2Si/c1-11(2)20(12(3)4,13(5)6)9-8-15-10-14(7)18-16(17)19-15/h10-13H,1-7H3. The van der Waals surface area contributed by atoms with Crippen molar-refractivity contribution in [3.05, 3.63) is 22.7 Å². The molecule has 0 amide bonds. The SMILES string of the molecule is Cc1cc(C#C[Si](C(C)C)(C(C)C)C(C)C)nc(Cl)n1. The molecule has 0 unspecified atom stereocenters. The predicted octanol–water partition coefficient (Wildman–Crippen LogP) is 5.01. The molecular weight excluding hydrogens is 284 g/mol. The molecule has 0 spiro atoms. The van der Waals surface area contributed by atoms with Gasteiger partial charge in [-0.3, -0.25) is 0 Å². The summed E-state index contributed by atoms with van der Waals surface area (Å²) in [5.41, 5.74) is 7.10. The zero-order valence-corrected chi connectivity index (χ0v) is 15.3. The molecule has 0 N–H and O–H groups in total. The van der Waals surface area contributed by atoms with Crippen LogP contribution in [0.4, 0.5) is 0 Å². The number of hydrogen-bond acceptors (Lipinski definition) is 2. The fourth-order valence-corrected chi connectivity index (χ4v) is 8.64. The van der Waals surface area contributed by atoms with Crippen molar-refractivity contribution in [2.45, 2.75) is 65.1 Å². The highest BCUT2D eigenvalue weighted by atomic mass is 35.5. The summed E-state index contributed by atoms with van der Waals surface area (Å²) in [6.07, 6.45) is 0. The number of aromatic nitrogens is 2. The van der Waals surface area contributed by atoms with Gasteiger partial charge in [-0.05, 0) is 41.2 Å². The first-order valence-corrected chi connectivity index (χ1v) is 9.85. The second-order valence-corrected chi connectivity index (χ2v) is 12.2. The van der Waals surface area contributed by atoms with Crippen molar-refractivity contribution >= 4 is 19.7 Å². The Morgan fingerprint density at radius 1 is 1.00 bits per heavy atom. The van der Waals surface area contributed by atoms with Crippen molar-refractivity contribution in [2.24, 2.45) is 0 Å². The summed E-state index contributed by atoms with van der Waals surface area (Å²) in [5.74, 6) is 3.29. The minimum absolute atomic E-state index is 0.278. The van der Waals surface area contributed by atoms with E-state index >= 15 is 0 Å². The summed E-state index contributed by atoms with van der Waals surface area (Å²) >= 11 is 5.91. The first-order chi connectivity index (χ1) is 9.20. The van der Waals surface area contributed by atoms with Crippen LogP contribution in [-0.4, -0.2) is 18.0 Å². The second-order valence-electron chi connectivity index (χ2n) is 6.31. The van der Waals surface area contributed by atoms with Crippen molar-refractivity contribution in [1.29, 1.82) is 0 Å². The molecule has 0 fully saturated rings. The Bertz CT molecular complexity index is 485. The number of nitrogens with zero attached hydrogens (tertiary/aromatic N) is 2. The topological polar surface area (TPSA) is 25.8 Å². The Morgan fingerprint density at radius 2 is 1.50 bits per heavy atom. The molecule has 0 aliphatic rings. The van der Waals surface area contributed by atoms with Gasteiger partial charge in [-0.1, -0.05) is 47.5 Å². The number of halogens is 1.